The lowest BCUT2D eigenvalue weighted by Gasteiger charge is -2.10. The summed E-state index contributed by atoms with van der Waals surface area (Å²) in [6.07, 6.45) is 6.94. The smallest absolute Gasteiger partial charge is 0.257 e. The Balaban J connectivity index is 1.64. The van der Waals surface area contributed by atoms with E-state index >= 15 is 0 Å². The van der Waals surface area contributed by atoms with Gasteiger partial charge in [0.1, 0.15) is 0 Å². The molecule has 0 saturated carbocycles. The zero-order chi connectivity index (χ0) is 15.1. The summed E-state index contributed by atoms with van der Waals surface area (Å²) in [5.74, 6) is -0.167. The molecular weight excluding hydrogens is 298 g/mol. The number of thiazole rings is 1. The lowest BCUT2D eigenvalue weighted by Crippen LogP contribution is -2.11. The fraction of sp³-hybridized carbons (Fsp3) is 0.200. The van der Waals surface area contributed by atoms with E-state index in [9.17, 15) is 4.79 Å². The van der Waals surface area contributed by atoms with Crippen LogP contribution >= 0.6 is 11.3 Å². The number of aryl methyl sites for hydroxylation is 2. The monoisotopic (exact) mass is 311 g/mol. The van der Waals surface area contributed by atoms with E-state index in [2.05, 4.69) is 20.4 Å². The number of hydrogen-bond donors (Lipinski definition) is 1. The highest BCUT2D eigenvalue weighted by atomic mass is 32.1. The van der Waals surface area contributed by atoms with Crippen LogP contribution in [-0.2, 0) is 19.9 Å². The van der Waals surface area contributed by atoms with Gasteiger partial charge in [-0.05, 0) is 25.0 Å². The topological polar surface area (TPSA) is 72.7 Å². The molecule has 0 aromatic carbocycles. The first-order valence-corrected chi connectivity index (χ1v) is 7.76. The van der Waals surface area contributed by atoms with Gasteiger partial charge < -0.3 is 0 Å². The van der Waals surface area contributed by atoms with Gasteiger partial charge >= 0.3 is 0 Å². The van der Waals surface area contributed by atoms with Crippen molar-refractivity contribution in [1.29, 1.82) is 0 Å². The second-order valence-electron chi connectivity index (χ2n) is 5.11. The normalized spacial score (nSPS) is 12.6. The van der Waals surface area contributed by atoms with Gasteiger partial charge in [0.05, 0.1) is 11.9 Å². The second kappa shape index (κ2) is 5.03. The summed E-state index contributed by atoms with van der Waals surface area (Å²) in [5, 5.41) is 7.80. The van der Waals surface area contributed by atoms with E-state index in [1.54, 1.807) is 24.5 Å². The summed E-state index contributed by atoms with van der Waals surface area (Å²) in [4.78, 5) is 21.9. The predicted molar refractivity (Wildman–Crippen MR) is 83.9 cm³/mol. The lowest BCUT2D eigenvalue weighted by molar-refractivity contribution is 0.102. The summed E-state index contributed by atoms with van der Waals surface area (Å²) in [5.41, 5.74) is 3.80. The molecule has 4 rings (SSSR count). The van der Waals surface area contributed by atoms with Crippen molar-refractivity contribution in [3.8, 4) is 11.3 Å². The fourth-order valence-electron chi connectivity index (χ4n) is 2.65. The maximum absolute atomic E-state index is 12.2. The van der Waals surface area contributed by atoms with Crippen LogP contribution in [0.15, 0.2) is 30.7 Å². The first-order valence-electron chi connectivity index (χ1n) is 6.94. The Morgan fingerprint density at radius 1 is 1.32 bits per heavy atom. The number of aromatic nitrogens is 4. The Morgan fingerprint density at radius 3 is 2.95 bits per heavy atom. The number of amides is 1. The molecule has 0 spiro atoms. The van der Waals surface area contributed by atoms with Crippen molar-refractivity contribution in [3.05, 3.63) is 46.9 Å². The van der Waals surface area contributed by atoms with Crippen LogP contribution in [0, 0.1) is 0 Å². The van der Waals surface area contributed by atoms with Crippen LogP contribution in [0.2, 0.25) is 0 Å². The van der Waals surface area contributed by atoms with Crippen molar-refractivity contribution < 1.29 is 4.79 Å². The van der Waals surface area contributed by atoms with Gasteiger partial charge in [-0.15, -0.1) is 11.3 Å². The summed E-state index contributed by atoms with van der Waals surface area (Å²) < 4.78 is 1.90. The second-order valence-corrected chi connectivity index (χ2v) is 6.19. The first-order chi connectivity index (χ1) is 10.7. The largest absolute Gasteiger partial charge is 0.298 e. The van der Waals surface area contributed by atoms with Crippen molar-refractivity contribution in [2.24, 2.45) is 7.05 Å². The van der Waals surface area contributed by atoms with E-state index in [-0.39, 0.29) is 5.91 Å². The highest BCUT2D eigenvalue weighted by Crippen LogP contribution is 2.37. The summed E-state index contributed by atoms with van der Waals surface area (Å²) in [6, 6.07) is 3.37. The molecule has 1 aliphatic carbocycles. The van der Waals surface area contributed by atoms with Crippen molar-refractivity contribution in [2.45, 2.75) is 12.8 Å². The molecule has 7 heteroatoms. The van der Waals surface area contributed by atoms with E-state index in [1.807, 2.05) is 17.9 Å². The molecular formula is C15H13N5OS. The molecule has 0 unspecified atom stereocenters. The van der Waals surface area contributed by atoms with Crippen molar-refractivity contribution in [1.82, 2.24) is 19.7 Å². The predicted octanol–water partition coefficient (Wildman–Crippen LogP) is 2.29. The third-order valence-corrected chi connectivity index (χ3v) is 4.80. The van der Waals surface area contributed by atoms with E-state index in [1.165, 1.54) is 21.9 Å². The van der Waals surface area contributed by atoms with Crippen molar-refractivity contribution >= 4 is 22.4 Å². The number of nitrogens with zero attached hydrogens (tertiary/aromatic N) is 4. The zero-order valence-corrected chi connectivity index (χ0v) is 12.7. The van der Waals surface area contributed by atoms with E-state index < -0.39 is 0 Å². The highest BCUT2D eigenvalue weighted by Gasteiger charge is 2.24. The molecule has 1 amide bonds. The third kappa shape index (κ3) is 2.10. The maximum Gasteiger partial charge on any atom is 0.257 e. The molecule has 3 aromatic heterocycles. The Bertz CT molecular complexity index is 852. The molecule has 0 bridgehead atoms. The molecule has 22 heavy (non-hydrogen) atoms. The summed E-state index contributed by atoms with van der Waals surface area (Å²) in [6.45, 7) is 0. The fourth-order valence-corrected chi connectivity index (χ4v) is 3.62. The van der Waals surface area contributed by atoms with Gasteiger partial charge in [-0.2, -0.15) is 5.10 Å². The standard InChI is InChI=1S/C15H13N5OS/c1-20-11-2-3-12-13(10(11)8-17-20)18-15(22-12)19-14(21)9-4-6-16-7-5-9/h4-8H,2-3H2,1H3,(H,18,19,21). The van der Waals surface area contributed by atoms with Gasteiger partial charge in [0.25, 0.3) is 5.91 Å². The minimum atomic E-state index is -0.167. The summed E-state index contributed by atoms with van der Waals surface area (Å²) in [7, 11) is 1.95. The molecule has 6 nitrogen and oxygen atoms in total. The van der Waals surface area contributed by atoms with Crippen LogP contribution in [0.4, 0.5) is 5.13 Å². The van der Waals surface area contributed by atoms with E-state index in [0.29, 0.717) is 10.7 Å². The third-order valence-electron chi connectivity index (χ3n) is 3.77. The average Bonchev–Trinajstić information content (AvgIpc) is 3.11. The molecule has 110 valence electrons. The number of carbonyl (C=O) groups excluding carboxylic acids is 1. The Kier molecular flexibility index (Phi) is 3.00. The quantitative estimate of drug-likeness (QED) is 0.788. The van der Waals surface area contributed by atoms with E-state index in [4.69, 9.17) is 0 Å². The van der Waals surface area contributed by atoms with E-state index in [0.717, 1.165) is 24.1 Å². The number of rotatable bonds is 2. The van der Waals surface area contributed by atoms with Gasteiger partial charge in [-0.25, -0.2) is 4.98 Å². The Labute approximate surface area is 130 Å². The number of fused-ring (bicyclic) bond motifs is 3. The van der Waals surface area contributed by atoms with Crippen LogP contribution < -0.4 is 5.32 Å². The zero-order valence-electron chi connectivity index (χ0n) is 11.9. The molecule has 1 N–H and O–H groups in total. The van der Waals surface area contributed by atoms with Crippen LogP contribution in [0.3, 0.4) is 0 Å². The summed E-state index contributed by atoms with van der Waals surface area (Å²) >= 11 is 1.54. The van der Waals surface area contributed by atoms with Gasteiger partial charge in [0.15, 0.2) is 5.13 Å². The number of nitrogens with one attached hydrogen (secondary N) is 1. The SMILES string of the molecule is Cn1ncc2c1CCc1sc(NC(=O)c3ccncc3)nc1-2. The Hall–Kier alpha value is -2.54. The lowest BCUT2D eigenvalue weighted by atomic mass is 10.0. The number of carbonyl (C=O) groups is 1. The molecule has 0 aliphatic heterocycles. The highest BCUT2D eigenvalue weighted by molar-refractivity contribution is 7.16. The molecule has 3 aromatic rings. The number of anilines is 1. The van der Waals surface area contributed by atoms with Gasteiger partial charge in [0.2, 0.25) is 0 Å². The Morgan fingerprint density at radius 2 is 2.14 bits per heavy atom. The van der Waals surface area contributed by atoms with Crippen molar-refractivity contribution in [3.63, 3.8) is 0 Å². The molecule has 3 heterocycles. The number of pyridine rings is 1. The molecule has 1 aliphatic rings. The van der Waals surface area contributed by atoms with Gasteiger partial charge in [0, 0.05) is 41.1 Å². The number of hydrogen-bond acceptors (Lipinski definition) is 5. The molecule has 0 radical (unpaired) electrons. The van der Waals surface area contributed by atoms with Crippen LogP contribution in [0.25, 0.3) is 11.3 Å². The van der Waals surface area contributed by atoms with Crippen molar-refractivity contribution in [2.75, 3.05) is 5.32 Å². The minimum Gasteiger partial charge on any atom is -0.298 e. The first kappa shape index (κ1) is 13.1. The van der Waals surface area contributed by atoms with Crippen LogP contribution in [0.5, 0.6) is 0 Å². The maximum atomic E-state index is 12.2. The average molecular weight is 311 g/mol. The molecule has 0 atom stereocenters. The van der Waals surface area contributed by atoms with Gasteiger partial charge in [-0.1, -0.05) is 0 Å². The van der Waals surface area contributed by atoms with Crippen LogP contribution in [-0.4, -0.2) is 25.7 Å². The van der Waals surface area contributed by atoms with Crippen LogP contribution in [0.1, 0.15) is 20.9 Å². The molecule has 0 saturated heterocycles. The minimum absolute atomic E-state index is 0.167. The van der Waals surface area contributed by atoms with Gasteiger partial charge in [-0.3, -0.25) is 19.8 Å². The molecule has 0 fully saturated rings.